The highest BCUT2D eigenvalue weighted by atomic mass is 32.1. The molecule has 2 aromatic heterocycles. The number of hydrogen-bond acceptors (Lipinski definition) is 5. The van der Waals surface area contributed by atoms with E-state index in [1.54, 1.807) is 24.6 Å². The molecule has 4 nitrogen and oxygen atoms in total. The Labute approximate surface area is 117 Å². The van der Waals surface area contributed by atoms with Crippen LogP contribution >= 0.6 is 11.3 Å². The average molecular weight is 277 g/mol. The molecule has 0 amide bonds. The van der Waals surface area contributed by atoms with Gasteiger partial charge in [0.25, 0.3) is 0 Å². The third-order valence-corrected chi connectivity index (χ3v) is 3.74. The normalized spacial score (nSPS) is 12.5. The van der Waals surface area contributed by atoms with E-state index in [1.807, 2.05) is 18.2 Å². The molecule has 0 saturated carbocycles. The standard InChI is InChI=1S/C14H19N3OS/c1-11(6-8-18-2)16-9-12-10-19-14(17-12)13-5-3-4-7-15-13/h3-5,7,10-11,16H,6,8-9H2,1-2H3. The Morgan fingerprint density at radius 2 is 2.32 bits per heavy atom. The van der Waals surface area contributed by atoms with E-state index in [2.05, 4.69) is 27.6 Å². The van der Waals surface area contributed by atoms with E-state index in [0.717, 1.165) is 36.0 Å². The van der Waals surface area contributed by atoms with Crippen LogP contribution in [0.1, 0.15) is 19.0 Å². The third kappa shape index (κ3) is 4.38. The first-order chi connectivity index (χ1) is 9.29. The number of hydrogen-bond donors (Lipinski definition) is 1. The van der Waals surface area contributed by atoms with Crippen molar-refractivity contribution in [2.24, 2.45) is 0 Å². The molecule has 1 N–H and O–H groups in total. The second kappa shape index (κ2) is 7.33. The molecule has 0 aliphatic carbocycles. The van der Waals surface area contributed by atoms with Crippen LogP contribution in [0.25, 0.3) is 10.7 Å². The molecular formula is C14H19N3OS. The number of thiazole rings is 1. The molecule has 0 spiro atoms. The fourth-order valence-electron chi connectivity index (χ4n) is 1.67. The molecule has 0 radical (unpaired) electrons. The van der Waals surface area contributed by atoms with Crippen LogP contribution in [0.3, 0.4) is 0 Å². The minimum atomic E-state index is 0.431. The number of nitrogens with zero attached hydrogens (tertiary/aromatic N) is 2. The van der Waals surface area contributed by atoms with Gasteiger partial charge in [0.1, 0.15) is 5.01 Å². The number of pyridine rings is 1. The summed E-state index contributed by atoms with van der Waals surface area (Å²) in [5, 5.41) is 6.50. The monoisotopic (exact) mass is 277 g/mol. The molecule has 102 valence electrons. The summed E-state index contributed by atoms with van der Waals surface area (Å²) >= 11 is 1.63. The number of nitrogens with one attached hydrogen (secondary N) is 1. The summed E-state index contributed by atoms with van der Waals surface area (Å²) in [6, 6.07) is 6.31. The first kappa shape index (κ1) is 14.1. The fraction of sp³-hybridized carbons (Fsp3) is 0.429. The van der Waals surface area contributed by atoms with Crippen LogP contribution in [0, 0.1) is 0 Å². The van der Waals surface area contributed by atoms with E-state index in [0.29, 0.717) is 6.04 Å². The van der Waals surface area contributed by atoms with Gasteiger partial charge < -0.3 is 10.1 Å². The average Bonchev–Trinajstić information content (AvgIpc) is 2.93. The highest BCUT2D eigenvalue weighted by molar-refractivity contribution is 7.13. The summed E-state index contributed by atoms with van der Waals surface area (Å²) in [6.07, 6.45) is 2.80. The Bertz CT molecular complexity index is 486. The van der Waals surface area contributed by atoms with Crippen molar-refractivity contribution in [3.63, 3.8) is 0 Å². The van der Waals surface area contributed by atoms with E-state index in [1.165, 1.54) is 0 Å². The smallest absolute Gasteiger partial charge is 0.142 e. The van der Waals surface area contributed by atoms with E-state index < -0.39 is 0 Å². The van der Waals surface area contributed by atoms with Crippen LogP contribution in [0.15, 0.2) is 29.8 Å². The topological polar surface area (TPSA) is 47.0 Å². The molecule has 0 saturated heterocycles. The molecular weight excluding hydrogens is 258 g/mol. The molecule has 1 atom stereocenters. The molecule has 0 aliphatic heterocycles. The number of aromatic nitrogens is 2. The number of methoxy groups -OCH3 is 1. The summed E-state index contributed by atoms with van der Waals surface area (Å²) in [6.45, 7) is 3.73. The molecule has 2 rings (SSSR count). The van der Waals surface area contributed by atoms with Gasteiger partial charge in [0.2, 0.25) is 0 Å². The van der Waals surface area contributed by atoms with E-state index in [-0.39, 0.29) is 0 Å². The van der Waals surface area contributed by atoms with Gasteiger partial charge in [-0.2, -0.15) is 0 Å². The van der Waals surface area contributed by atoms with Crippen LogP contribution in [-0.4, -0.2) is 29.7 Å². The van der Waals surface area contributed by atoms with Crippen LogP contribution < -0.4 is 5.32 Å². The van der Waals surface area contributed by atoms with E-state index in [4.69, 9.17) is 4.74 Å². The largest absolute Gasteiger partial charge is 0.385 e. The fourth-order valence-corrected chi connectivity index (χ4v) is 2.47. The first-order valence-corrected chi connectivity index (χ1v) is 7.25. The molecule has 0 fully saturated rings. The maximum absolute atomic E-state index is 5.06. The summed E-state index contributed by atoms with van der Waals surface area (Å²) in [4.78, 5) is 8.90. The van der Waals surface area contributed by atoms with E-state index in [9.17, 15) is 0 Å². The van der Waals surface area contributed by atoms with Gasteiger partial charge in [-0.05, 0) is 25.5 Å². The second-order valence-electron chi connectivity index (χ2n) is 4.42. The van der Waals surface area contributed by atoms with Crippen molar-refractivity contribution < 1.29 is 4.74 Å². The van der Waals surface area contributed by atoms with Crippen LogP contribution in [0.2, 0.25) is 0 Å². The number of rotatable bonds is 7. The summed E-state index contributed by atoms with van der Waals surface area (Å²) < 4.78 is 5.06. The van der Waals surface area contributed by atoms with Crippen molar-refractivity contribution in [3.05, 3.63) is 35.5 Å². The molecule has 5 heteroatoms. The van der Waals surface area contributed by atoms with Crippen molar-refractivity contribution in [2.45, 2.75) is 25.9 Å². The second-order valence-corrected chi connectivity index (χ2v) is 5.28. The Balaban J connectivity index is 1.88. The van der Waals surface area contributed by atoms with Gasteiger partial charge in [0.15, 0.2) is 0 Å². The molecule has 2 heterocycles. The quantitative estimate of drug-likeness (QED) is 0.845. The third-order valence-electron chi connectivity index (χ3n) is 2.82. The van der Waals surface area contributed by atoms with Crippen molar-refractivity contribution in [1.29, 1.82) is 0 Å². The predicted molar refractivity (Wildman–Crippen MR) is 78.1 cm³/mol. The van der Waals surface area contributed by atoms with Crippen molar-refractivity contribution in [2.75, 3.05) is 13.7 Å². The van der Waals surface area contributed by atoms with Gasteiger partial charge in [-0.1, -0.05) is 6.07 Å². The van der Waals surface area contributed by atoms with Gasteiger partial charge in [0.05, 0.1) is 11.4 Å². The van der Waals surface area contributed by atoms with E-state index >= 15 is 0 Å². The summed E-state index contributed by atoms with van der Waals surface area (Å²) in [5.41, 5.74) is 2.00. The molecule has 0 aliphatic rings. The lowest BCUT2D eigenvalue weighted by Gasteiger charge is -2.11. The molecule has 0 bridgehead atoms. The van der Waals surface area contributed by atoms with Crippen molar-refractivity contribution in [1.82, 2.24) is 15.3 Å². The zero-order chi connectivity index (χ0) is 13.5. The van der Waals surface area contributed by atoms with Crippen LogP contribution in [0.4, 0.5) is 0 Å². The Hall–Kier alpha value is -1.30. The SMILES string of the molecule is COCCC(C)NCc1csc(-c2ccccn2)n1. The van der Waals surface area contributed by atoms with Gasteiger partial charge in [-0.3, -0.25) is 4.98 Å². The Morgan fingerprint density at radius 3 is 3.05 bits per heavy atom. The van der Waals surface area contributed by atoms with Crippen LogP contribution in [0.5, 0.6) is 0 Å². The lowest BCUT2D eigenvalue weighted by atomic mass is 10.2. The highest BCUT2D eigenvalue weighted by Gasteiger charge is 2.06. The van der Waals surface area contributed by atoms with Crippen molar-refractivity contribution in [3.8, 4) is 10.7 Å². The summed E-state index contributed by atoms with van der Waals surface area (Å²) in [5.74, 6) is 0. The molecule has 1 unspecified atom stereocenters. The number of ether oxygens (including phenoxy) is 1. The maximum Gasteiger partial charge on any atom is 0.142 e. The highest BCUT2D eigenvalue weighted by Crippen LogP contribution is 2.21. The zero-order valence-electron chi connectivity index (χ0n) is 11.3. The minimum Gasteiger partial charge on any atom is -0.385 e. The van der Waals surface area contributed by atoms with Crippen molar-refractivity contribution >= 4 is 11.3 Å². The van der Waals surface area contributed by atoms with Crippen LogP contribution in [-0.2, 0) is 11.3 Å². The first-order valence-electron chi connectivity index (χ1n) is 6.37. The van der Waals surface area contributed by atoms with Gasteiger partial charge in [0, 0.05) is 37.9 Å². The van der Waals surface area contributed by atoms with Gasteiger partial charge in [-0.15, -0.1) is 11.3 Å². The lowest BCUT2D eigenvalue weighted by molar-refractivity contribution is 0.184. The Morgan fingerprint density at radius 1 is 1.42 bits per heavy atom. The van der Waals surface area contributed by atoms with Gasteiger partial charge >= 0.3 is 0 Å². The Kier molecular flexibility index (Phi) is 5.44. The zero-order valence-corrected chi connectivity index (χ0v) is 12.1. The predicted octanol–water partition coefficient (Wildman–Crippen LogP) is 2.72. The summed E-state index contributed by atoms with van der Waals surface area (Å²) in [7, 11) is 1.73. The lowest BCUT2D eigenvalue weighted by Crippen LogP contribution is -2.26. The molecule has 0 aromatic carbocycles. The molecule has 2 aromatic rings. The minimum absolute atomic E-state index is 0.431. The molecule has 19 heavy (non-hydrogen) atoms. The maximum atomic E-state index is 5.06. The van der Waals surface area contributed by atoms with Gasteiger partial charge in [-0.25, -0.2) is 4.98 Å².